The van der Waals surface area contributed by atoms with Crippen LogP contribution in [0.2, 0.25) is 0 Å². The van der Waals surface area contributed by atoms with Gasteiger partial charge in [-0.3, -0.25) is 0 Å². The topological polar surface area (TPSA) is 30.5 Å². The predicted molar refractivity (Wildman–Crippen MR) is 62.6 cm³/mol. The molecule has 0 heterocycles. The summed E-state index contributed by atoms with van der Waals surface area (Å²) in [5.41, 5.74) is 1.04. The molecular weight excluding hydrogens is 190 g/mol. The zero-order valence-corrected chi connectivity index (χ0v) is 9.45. The van der Waals surface area contributed by atoms with Crippen LogP contribution in [0.3, 0.4) is 0 Å². The van der Waals surface area contributed by atoms with E-state index in [9.17, 15) is 0 Å². The Morgan fingerprint density at radius 3 is 2.67 bits per heavy atom. The number of ether oxygens (including phenoxy) is 2. The SMILES string of the molecule is CCNc1ccccc1OCCOCC. The molecule has 0 saturated heterocycles. The first kappa shape index (κ1) is 11.9. The maximum absolute atomic E-state index is 5.60. The second-order valence-electron chi connectivity index (χ2n) is 3.07. The van der Waals surface area contributed by atoms with Gasteiger partial charge in [-0.15, -0.1) is 0 Å². The van der Waals surface area contributed by atoms with Crippen LogP contribution >= 0.6 is 0 Å². The first-order chi connectivity index (χ1) is 7.38. The summed E-state index contributed by atoms with van der Waals surface area (Å²) in [5.74, 6) is 0.888. The van der Waals surface area contributed by atoms with Crippen molar-refractivity contribution in [2.24, 2.45) is 0 Å². The van der Waals surface area contributed by atoms with E-state index < -0.39 is 0 Å². The third-order valence-electron chi connectivity index (χ3n) is 1.94. The molecule has 0 aliphatic rings. The highest BCUT2D eigenvalue weighted by atomic mass is 16.5. The molecule has 0 radical (unpaired) electrons. The first-order valence-electron chi connectivity index (χ1n) is 5.42. The van der Waals surface area contributed by atoms with Gasteiger partial charge in [-0.05, 0) is 26.0 Å². The summed E-state index contributed by atoms with van der Waals surface area (Å²) < 4.78 is 10.8. The summed E-state index contributed by atoms with van der Waals surface area (Å²) >= 11 is 0. The predicted octanol–water partition coefficient (Wildman–Crippen LogP) is 2.53. The van der Waals surface area contributed by atoms with Crippen molar-refractivity contribution < 1.29 is 9.47 Å². The molecule has 0 saturated carbocycles. The van der Waals surface area contributed by atoms with Gasteiger partial charge < -0.3 is 14.8 Å². The van der Waals surface area contributed by atoms with Crippen LogP contribution in [0.15, 0.2) is 24.3 Å². The largest absolute Gasteiger partial charge is 0.489 e. The minimum absolute atomic E-state index is 0.593. The molecule has 0 fully saturated rings. The summed E-state index contributed by atoms with van der Waals surface area (Å²) in [4.78, 5) is 0. The molecule has 0 spiro atoms. The highest BCUT2D eigenvalue weighted by Crippen LogP contribution is 2.23. The van der Waals surface area contributed by atoms with Gasteiger partial charge in [0.25, 0.3) is 0 Å². The molecule has 0 aliphatic carbocycles. The summed E-state index contributed by atoms with van der Waals surface area (Å²) in [6, 6.07) is 7.94. The van der Waals surface area contributed by atoms with Gasteiger partial charge in [-0.2, -0.15) is 0 Å². The average molecular weight is 209 g/mol. The van der Waals surface area contributed by atoms with E-state index in [4.69, 9.17) is 9.47 Å². The van der Waals surface area contributed by atoms with Gasteiger partial charge in [0, 0.05) is 13.2 Å². The summed E-state index contributed by atoms with van der Waals surface area (Å²) in [6.07, 6.45) is 0. The van der Waals surface area contributed by atoms with Crippen LogP contribution in [-0.4, -0.2) is 26.4 Å². The molecule has 3 nitrogen and oxygen atoms in total. The Balaban J connectivity index is 2.44. The van der Waals surface area contributed by atoms with Gasteiger partial charge in [0.2, 0.25) is 0 Å². The Hall–Kier alpha value is -1.22. The molecule has 3 heteroatoms. The fraction of sp³-hybridized carbons (Fsp3) is 0.500. The highest BCUT2D eigenvalue weighted by Gasteiger charge is 2.00. The van der Waals surface area contributed by atoms with Crippen molar-refractivity contribution in [3.8, 4) is 5.75 Å². The van der Waals surface area contributed by atoms with Gasteiger partial charge in [-0.25, -0.2) is 0 Å². The minimum Gasteiger partial charge on any atom is -0.489 e. The molecule has 1 aromatic rings. The van der Waals surface area contributed by atoms with Crippen molar-refractivity contribution >= 4 is 5.69 Å². The molecular formula is C12H19NO2. The number of anilines is 1. The second-order valence-corrected chi connectivity index (χ2v) is 3.07. The van der Waals surface area contributed by atoms with Crippen LogP contribution in [0, 0.1) is 0 Å². The molecule has 0 atom stereocenters. The van der Waals surface area contributed by atoms with Gasteiger partial charge in [0.05, 0.1) is 12.3 Å². The molecule has 0 amide bonds. The van der Waals surface area contributed by atoms with E-state index in [1.54, 1.807) is 0 Å². The lowest BCUT2D eigenvalue weighted by Gasteiger charge is -2.11. The Labute approximate surface area is 91.4 Å². The molecule has 84 valence electrons. The smallest absolute Gasteiger partial charge is 0.142 e. The third kappa shape index (κ3) is 4.21. The number of nitrogens with one attached hydrogen (secondary N) is 1. The van der Waals surface area contributed by atoms with E-state index in [-0.39, 0.29) is 0 Å². The van der Waals surface area contributed by atoms with Gasteiger partial charge in [0.15, 0.2) is 0 Å². The molecule has 1 N–H and O–H groups in total. The van der Waals surface area contributed by atoms with E-state index in [0.29, 0.717) is 13.2 Å². The van der Waals surface area contributed by atoms with Crippen LogP contribution in [0.1, 0.15) is 13.8 Å². The van der Waals surface area contributed by atoms with Crippen molar-refractivity contribution in [1.82, 2.24) is 0 Å². The molecule has 1 aromatic carbocycles. The lowest BCUT2D eigenvalue weighted by Crippen LogP contribution is -2.08. The number of benzene rings is 1. The number of hydrogen-bond acceptors (Lipinski definition) is 3. The zero-order chi connectivity index (χ0) is 10.9. The Morgan fingerprint density at radius 1 is 1.13 bits per heavy atom. The molecule has 1 rings (SSSR count). The Bertz CT molecular complexity index is 276. The highest BCUT2D eigenvalue weighted by molar-refractivity contribution is 5.55. The minimum atomic E-state index is 0.593. The zero-order valence-electron chi connectivity index (χ0n) is 9.45. The normalized spacial score (nSPS) is 10.0. The number of rotatable bonds is 7. The van der Waals surface area contributed by atoms with Crippen molar-refractivity contribution in [2.75, 3.05) is 31.7 Å². The quantitative estimate of drug-likeness (QED) is 0.700. The van der Waals surface area contributed by atoms with Gasteiger partial charge in [-0.1, -0.05) is 12.1 Å². The van der Waals surface area contributed by atoms with E-state index in [2.05, 4.69) is 12.2 Å². The van der Waals surface area contributed by atoms with Crippen LogP contribution < -0.4 is 10.1 Å². The van der Waals surface area contributed by atoms with Crippen molar-refractivity contribution in [1.29, 1.82) is 0 Å². The lowest BCUT2D eigenvalue weighted by atomic mass is 10.3. The third-order valence-corrected chi connectivity index (χ3v) is 1.94. The van der Waals surface area contributed by atoms with Gasteiger partial charge in [0.1, 0.15) is 12.4 Å². The molecule has 0 aliphatic heterocycles. The van der Waals surface area contributed by atoms with Crippen LogP contribution in [0.5, 0.6) is 5.75 Å². The Morgan fingerprint density at radius 2 is 1.93 bits per heavy atom. The standard InChI is InChI=1S/C12H19NO2/c1-3-13-11-7-5-6-8-12(11)15-10-9-14-4-2/h5-8,13H,3-4,9-10H2,1-2H3. The summed E-state index contributed by atoms with van der Waals surface area (Å²) in [7, 11) is 0. The average Bonchev–Trinajstić information content (AvgIpc) is 2.27. The number of para-hydroxylation sites is 2. The molecule has 0 bridgehead atoms. The van der Waals surface area contributed by atoms with Crippen molar-refractivity contribution in [3.63, 3.8) is 0 Å². The first-order valence-corrected chi connectivity index (χ1v) is 5.42. The van der Waals surface area contributed by atoms with Crippen LogP contribution in [0.4, 0.5) is 5.69 Å². The number of hydrogen-bond donors (Lipinski definition) is 1. The maximum Gasteiger partial charge on any atom is 0.142 e. The van der Waals surface area contributed by atoms with E-state index in [1.165, 1.54) is 0 Å². The lowest BCUT2D eigenvalue weighted by molar-refractivity contribution is 0.110. The van der Waals surface area contributed by atoms with Crippen molar-refractivity contribution in [2.45, 2.75) is 13.8 Å². The molecule has 0 aromatic heterocycles. The summed E-state index contributed by atoms with van der Waals surface area (Å²) in [5, 5.41) is 3.25. The van der Waals surface area contributed by atoms with E-state index in [1.807, 2.05) is 31.2 Å². The van der Waals surface area contributed by atoms with E-state index >= 15 is 0 Å². The molecule has 0 unspecified atom stereocenters. The maximum atomic E-state index is 5.60. The van der Waals surface area contributed by atoms with Crippen molar-refractivity contribution in [3.05, 3.63) is 24.3 Å². The Kier molecular flexibility index (Phi) is 5.63. The van der Waals surface area contributed by atoms with Crippen LogP contribution in [-0.2, 0) is 4.74 Å². The van der Waals surface area contributed by atoms with Gasteiger partial charge >= 0.3 is 0 Å². The molecule has 15 heavy (non-hydrogen) atoms. The summed E-state index contributed by atoms with van der Waals surface area (Å²) in [6.45, 7) is 6.90. The van der Waals surface area contributed by atoms with E-state index in [0.717, 1.165) is 24.6 Å². The fourth-order valence-corrected chi connectivity index (χ4v) is 1.28. The fourth-order valence-electron chi connectivity index (χ4n) is 1.28. The monoisotopic (exact) mass is 209 g/mol. The van der Waals surface area contributed by atoms with Crippen LogP contribution in [0.25, 0.3) is 0 Å². The second kappa shape index (κ2) is 7.12.